The van der Waals surface area contributed by atoms with E-state index in [4.69, 9.17) is 9.47 Å². The topological polar surface area (TPSA) is 38.7 Å². The summed E-state index contributed by atoms with van der Waals surface area (Å²) in [5, 5.41) is 10.4. The minimum atomic E-state index is 0.0352. The molecule has 0 aliphatic heterocycles. The van der Waals surface area contributed by atoms with Gasteiger partial charge >= 0.3 is 0 Å². The summed E-state index contributed by atoms with van der Waals surface area (Å²) in [5.41, 5.74) is 2.12. The van der Waals surface area contributed by atoms with Crippen molar-refractivity contribution >= 4 is 0 Å². The maximum Gasteiger partial charge on any atom is 0.126 e. The molecule has 1 aliphatic carbocycles. The van der Waals surface area contributed by atoms with Crippen molar-refractivity contribution in [3.05, 3.63) is 59.7 Å². The lowest BCUT2D eigenvalue weighted by molar-refractivity contribution is 0.0462. The first-order valence-corrected chi connectivity index (χ1v) is 8.20. The van der Waals surface area contributed by atoms with Gasteiger partial charge in [-0.15, -0.1) is 0 Å². The van der Waals surface area contributed by atoms with E-state index in [0.29, 0.717) is 11.7 Å². The lowest BCUT2D eigenvalue weighted by Gasteiger charge is -2.29. The average molecular weight is 312 g/mol. The van der Waals surface area contributed by atoms with E-state index in [1.54, 1.807) is 20.3 Å². The summed E-state index contributed by atoms with van der Waals surface area (Å²) < 4.78 is 11.4. The van der Waals surface area contributed by atoms with Gasteiger partial charge in [-0.25, -0.2) is 0 Å². The molecule has 0 amide bonds. The van der Waals surface area contributed by atoms with Crippen LogP contribution in [0.3, 0.4) is 0 Å². The van der Waals surface area contributed by atoms with Crippen LogP contribution in [0.15, 0.2) is 48.5 Å². The van der Waals surface area contributed by atoms with E-state index in [2.05, 4.69) is 12.1 Å². The smallest absolute Gasteiger partial charge is 0.126 e. The third-order valence-electron chi connectivity index (χ3n) is 4.97. The van der Waals surface area contributed by atoms with Gasteiger partial charge in [-0.1, -0.05) is 42.8 Å². The molecule has 122 valence electrons. The van der Waals surface area contributed by atoms with E-state index in [1.165, 1.54) is 5.56 Å². The monoisotopic (exact) mass is 312 g/mol. The molecule has 1 unspecified atom stereocenters. The highest BCUT2D eigenvalue weighted by Gasteiger charge is 2.38. The van der Waals surface area contributed by atoms with Gasteiger partial charge in [0, 0.05) is 12.7 Å². The van der Waals surface area contributed by atoms with E-state index in [0.717, 1.165) is 30.6 Å². The lowest BCUT2D eigenvalue weighted by Crippen LogP contribution is -2.18. The maximum atomic E-state index is 10.4. The molecule has 0 bridgehead atoms. The second-order valence-electron chi connectivity index (χ2n) is 6.16. The fraction of sp³-hybridized carbons (Fsp3) is 0.400. The molecule has 0 spiro atoms. The molecule has 1 fully saturated rings. The van der Waals surface area contributed by atoms with Gasteiger partial charge in [-0.05, 0) is 42.4 Å². The highest BCUT2D eigenvalue weighted by molar-refractivity contribution is 5.47. The maximum absolute atomic E-state index is 10.4. The molecule has 0 aromatic heterocycles. The van der Waals surface area contributed by atoms with E-state index >= 15 is 0 Å². The van der Waals surface area contributed by atoms with Crippen LogP contribution in [-0.2, 0) is 4.74 Å². The number of phenolic OH excluding ortho intramolecular Hbond substituents is 1. The van der Waals surface area contributed by atoms with E-state index in [-0.39, 0.29) is 12.0 Å². The second kappa shape index (κ2) is 7.05. The van der Waals surface area contributed by atoms with Gasteiger partial charge in [0.25, 0.3) is 0 Å². The van der Waals surface area contributed by atoms with Crippen molar-refractivity contribution in [1.82, 2.24) is 0 Å². The zero-order valence-corrected chi connectivity index (χ0v) is 13.7. The van der Waals surface area contributed by atoms with Crippen LogP contribution in [0.2, 0.25) is 0 Å². The van der Waals surface area contributed by atoms with Gasteiger partial charge < -0.3 is 14.6 Å². The highest BCUT2D eigenvalue weighted by Crippen LogP contribution is 2.51. The summed E-state index contributed by atoms with van der Waals surface area (Å²) in [4.78, 5) is 0. The molecule has 1 aliphatic rings. The molecule has 0 radical (unpaired) electrons. The Morgan fingerprint density at radius 3 is 2.48 bits per heavy atom. The van der Waals surface area contributed by atoms with Gasteiger partial charge in [0.05, 0.1) is 13.2 Å². The minimum Gasteiger partial charge on any atom is -0.508 e. The Morgan fingerprint density at radius 1 is 1.00 bits per heavy atom. The van der Waals surface area contributed by atoms with Crippen LogP contribution in [0.25, 0.3) is 0 Å². The molecule has 23 heavy (non-hydrogen) atoms. The number of methoxy groups -OCH3 is 2. The fourth-order valence-electron chi connectivity index (χ4n) is 3.99. The number of phenols is 1. The largest absolute Gasteiger partial charge is 0.508 e. The SMILES string of the molecule is COc1cccc(O)c1[C@@H]1CCC[C@@H]1C(OC)c1ccccc1. The molecule has 0 heterocycles. The van der Waals surface area contributed by atoms with E-state index in [9.17, 15) is 5.11 Å². The predicted molar refractivity (Wildman–Crippen MR) is 90.9 cm³/mol. The first-order chi connectivity index (χ1) is 11.3. The van der Waals surface area contributed by atoms with Crippen molar-refractivity contribution in [1.29, 1.82) is 0 Å². The third-order valence-corrected chi connectivity index (χ3v) is 4.97. The standard InChI is InChI=1S/C20H24O3/c1-22-18-13-7-12-17(21)19(18)15-10-6-11-16(15)20(23-2)14-8-4-3-5-9-14/h3-5,7-9,12-13,15-16,20-21H,6,10-11H2,1-2H3/t15-,16+,20?/m1/s1. The molecule has 2 aromatic carbocycles. The summed E-state index contributed by atoms with van der Waals surface area (Å²) in [6, 6.07) is 15.8. The molecule has 3 nitrogen and oxygen atoms in total. The number of benzene rings is 2. The Balaban J connectivity index is 1.97. The predicted octanol–water partition coefficient (Wildman–Crippen LogP) is 4.67. The first kappa shape index (κ1) is 15.9. The van der Waals surface area contributed by atoms with Crippen molar-refractivity contribution in [3.8, 4) is 11.5 Å². The third kappa shape index (κ3) is 3.06. The van der Waals surface area contributed by atoms with E-state index < -0.39 is 0 Å². The number of hydrogen-bond donors (Lipinski definition) is 1. The Hall–Kier alpha value is -2.00. The summed E-state index contributed by atoms with van der Waals surface area (Å²) >= 11 is 0. The Kier molecular flexibility index (Phi) is 4.87. The molecular weight excluding hydrogens is 288 g/mol. The van der Waals surface area contributed by atoms with Gasteiger partial charge in [0.2, 0.25) is 0 Å². The quantitative estimate of drug-likeness (QED) is 0.871. The summed E-state index contributed by atoms with van der Waals surface area (Å²) in [5.74, 6) is 1.68. The van der Waals surface area contributed by atoms with Crippen molar-refractivity contribution in [2.75, 3.05) is 14.2 Å². The van der Waals surface area contributed by atoms with Crippen LogP contribution < -0.4 is 4.74 Å². The van der Waals surface area contributed by atoms with Crippen LogP contribution in [0.5, 0.6) is 11.5 Å². The summed E-state index contributed by atoms with van der Waals surface area (Å²) in [7, 11) is 3.43. The van der Waals surface area contributed by atoms with Crippen molar-refractivity contribution in [2.45, 2.75) is 31.3 Å². The number of ether oxygens (including phenoxy) is 2. The van der Waals surface area contributed by atoms with Crippen LogP contribution in [0.4, 0.5) is 0 Å². The number of hydrogen-bond acceptors (Lipinski definition) is 3. The molecule has 3 rings (SSSR count). The lowest BCUT2D eigenvalue weighted by atomic mass is 9.82. The number of aromatic hydroxyl groups is 1. The average Bonchev–Trinajstić information content (AvgIpc) is 3.05. The van der Waals surface area contributed by atoms with Crippen molar-refractivity contribution < 1.29 is 14.6 Å². The Bertz CT molecular complexity index is 639. The van der Waals surface area contributed by atoms with Crippen LogP contribution in [-0.4, -0.2) is 19.3 Å². The Labute approximate surface area is 137 Å². The van der Waals surface area contributed by atoms with Crippen molar-refractivity contribution in [3.63, 3.8) is 0 Å². The molecule has 3 heteroatoms. The van der Waals surface area contributed by atoms with Crippen LogP contribution >= 0.6 is 0 Å². The van der Waals surface area contributed by atoms with Crippen LogP contribution in [0.1, 0.15) is 42.4 Å². The number of rotatable bonds is 5. The normalized spacial score (nSPS) is 22.0. The Morgan fingerprint density at radius 2 is 1.78 bits per heavy atom. The molecular formula is C20H24O3. The highest BCUT2D eigenvalue weighted by atomic mass is 16.5. The first-order valence-electron chi connectivity index (χ1n) is 8.20. The molecule has 2 aromatic rings. The minimum absolute atomic E-state index is 0.0352. The van der Waals surface area contributed by atoms with Gasteiger partial charge in [-0.3, -0.25) is 0 Å². The van der Waals surface area contributed by atoms with Gasteiger partial charge in [0.1, 0.15) is 11.5 Å². The van der Waals surface area contributed by atoms with Crippen LogP contribution in [0, 0.1) is 5.92 Å². The van der Waals surface area contributed by atoms with E-state index in [1.807, 2.05) is 30.3 Å². The zero-order chi connectivity index (χ0) is 16.2. The zero-order valence-electron chi connectivity index (χ0n) is 13.7. The second-order valence-corrected chi connectivity index (χ2v) is 6.16. The summed E-state index contributed by atoms with van der Waals surface area (Å²) in [6.45, 7) is 0. The molecule has 1 saturated carbocycles. The van der Waals surface area contributed by atoms with Gasteiger partial charge in [0.15, 0.2) is 0 Å². The summed E-state index contributed by atoms with van der Waals surface area (Å²) in [6.07, 6.45) is 3.31. The van der Waals surface area contributed by atoms with Gasteiger partial charge in [-0.2, -0.15) is 0 Å². The van der Waals surface area contributed by atoms with Crippen molar-refractivity contribution in [2.24, 2.45) is 5.92 Å². The fourth-order valence-corrected chi connectivity index (χ4v) is 3.99. The molecule has 3 atom stereocenters. The molecule has 0 saturated heterocycles. The molecule has 1 N–H and O–H groups in total.